The molecule has 0 bridgehead atoms. The third kappa shape index (κ3) is 2.32. The Morgan fingerprint density at radius 2 is 2.06 bits per heavy atom. The highest BCUT2D eigenvalue weighted by molar-refractivity contribution is 6.17. The van der Waals surface area contributed by atoms with Gasteiger partial charge in [0, 0.05) is 18.8 Å². The number of nitrogens with zero attached hydrogens (tertiary/aromatic N) is 2. The number of alkyl halides is 4. The Kier molecular flexibility index (Phi) is 3.52. The van der Waals surface area contributed by atoms with Crippen LogP contribution in [0.3, 0.4) is 0 Å². The SMILES string of the molecule is CCn1c(CCCl)nc2cc(C(F)(F)F)ccc21. The molecule has 1 aromatic carbocycles. The molecule has 0 radical (unpaired) electrons. The molecule has 0 aliphatic rings. The fourth-order valence-corrected chi connectivity index (χ4v) is 2.15. The molecule has 0 N–H and O–H groups in total. The molecule has 2 aromatic rings. The van der Waals surface area contributed by atoms with Crippen molar-refractivity contribution < 1.29 is 13.2 Å². The molecule has 18 heavy (non-hydrogen) atoms. The van der Waals surface area contributed by atoms with E-state index in [1.807, 2.05) is 11.5 Å². The van der Waals surface area contributed by atoms with Gasteiger partial charge in [0.2, 0.25) is 0 Å². The number of hydrogen-bond acceptors (Lipinski definition) is 1. The lowest BCUT2D eigenvalue weighted by atomic mass is 10.2. The van der Waals surface area contributed by atoms with Gasteiger partial charge in [0.1, 0.15) is 5.82 Å². The van der Waals surface area contributed by atoms with E-state index in [9.17, 15) is 13.2 Å². The van der Waals surface area contributed by atoms with E-state index in [0.29, 0.717) is 29.9 Å². The Balaban J connectivity index is 2.58. The summed E-state index contributed by atoms with van der Waals surface area (Å²) in [6.07, 6.45) is -3.79. The van der Waals surface area contributed by atoms with Crippen molar-refractivity contribution in [3.8, 4) is 0 Å². The largest absolute Gasteiger partial charge is 0.416 e. The average molecular weight is 277 g/mol. The quantitative estimate of drug-likeness (QED) is 0.779. The zero-order valence-corrected chi connectivity index (χ0v) is 10.5. The predicted octanol–water partition coefficient (Wildman–Crippen LogP) is 3.86. The number of aromatic nitrogens is 2. The van der Waals surface area contributed by atoms with Gasteiger partial charge in [-0.15, -0.1) is 11.6 Å². The van der Waals surface area contributed by atoms with Crippen molar-refractivity contribution in [2.45, 2.75) is 26.1 Å². The molecular weight excluding hydrogens is 265 g/mol. The van der Waals surface area contributed by atoms with Crippen LogP contribution in [-0.2, 0) is 19.1 Å². The number of fused-ring (bicyclic) bond motifs is 1. The minimum absolute atomic E-state index is 0.367. The highest BCUT2D eigenvalue weighted by Crippen LogP contribution is 2.31. The lowest BCUT2D eigenvalue weighted by Crippen LogP contribution is -2.04. The molecule has 98 valence electrons. The van der Waals surface area contributed by atoms with Crippen molar-refractivity contribution in [1.29, 1.82) is 0 Å². The lowest BCUT2D eigenvalue weighted by molar-refractivity contribution is -0.137. The Morgan fingerprint density at radius 1 is 1.33 bits per heavy atom. The van der Waals surface area contributed by atoms with Gasteiger partial charge in [0.15, 0.2) is 0 Å². The standard InChI is InChI=1S/C12H12ClF3N2/c1-2-18-10-4-3-8(12(14,15)16)7-9(10)17-11(18)5-6-13/h3-4,7H,2,5-6H2,1H3. The van der Waals surface area contributed by atoms with E-state index in [-0.39, 0.29) is 0 Å². The van der Waals surface area contributed by atoms with Crippen LogP contribution in [0.15, 0.2) is 18.2 Å². The third-order valence-electron chi connectivity index (χ3n) is 2.79. The molecule has 0 amide bonds. The van der Waals surface area contributed by atoms with Crippen molar-refractivity contribution in [2.24, 2.45) is 0 Å². The zero-order valence-electron chi connectivity index (χ0n) is 9.76. The molecule has 0 spiro atoms. The average Bonchev–Trinajstić information content (AvgIpc) is 2.64. The van der Waals surface area contributed by atoms with Gasteiger partial charge in [-0.1, -0.05) is 0 Å². The van der Waals surface area contributed by atoms with Gasteiger partial charge in [-0.3, -0.25) is 0 Å². The van der Waals surface area contributed by atoms with E-state index in [4.69, 9.17) is 11.6 Å². The van der Waals surface area contributed by atoms with E-state index in [1.54, 1.807) is 0 Å². The van der Waals surface area contributed by atoms with Crippen LogP contribution in [0.1, 0.15) is 18.3 Å². The zero-order chi connectivity index (χ0) is 13.3. The summed E-state index contributed by atoms with van der Waals surface area (Å²) >= 11 is 5.66. The second kappa shape index (κ2) is 4.80. The minimum atomic E-state index is -4.34. The normalized spacial score (nSPS) is 12.3. The van der Waals surface area contributed by atoms with E-state index >= 15 is 0 Å². The number of imidazole rings is 1. The van der Waals surface area contributed by atoms with E-state index in [0.717, 1.165) is 18.0 Å². The summed E-state index contributed by atoms with van der Waals surface area (Å²) in [5.74, 6) is 1.12. The lowest BCUT2D eigenvalue weighted by Gasteiger charge is -2.07. The molecule has 1 aromatic heterocycles. The minimum Gasteiger partial charge on any atom is -0.328 e. The van der Waals surface area contributed by atoms with Crippen LogP contribution in [0.4, 0.5) is 13.2 Å². The van der Waals surface area contributed by atoms with Gasteiger partial charge >= 0.3 is 6.18 Å². The summed E-state index contributed by atoms with van der Waals surface area (Å²) in [7, 11) is 0. The second-order valence-corrected chi connectivity index (χ2v) is 4.29. The monoisotopic (exact) mass is 276 g/mol. The number of aryl methyl sites for hydroxylation is 2. The van der Waals surface area contributed by atoms with Gasteiger partial charge < -0.3 is 4.57 Å². The topological polar surface area (TPSA) is 17.8 Å². The molecule has 0 saturated carbocycles. The Hall–Kier alpha value is -1.23. The van der Waals surface area contributed by atoms with Crippen LogP contribution in [-0.4, -0.2) is 15.4 Å². The molecular formula is C12H12ClF3N2. The van der Waals surface area contributed by atoms with E-state index in [2.05, 4.69) is 4.98 Å². The molecule has 0 aliphatic carbocycles. The summed E-state index contributed by atoms with van der Waals surface area (Å²) < 4.78 is 39.7. The molecule has 0 aliphatic heterocycles. The highest BCUT2D eigenvalue weighted by Gasteiger charge is 2.31. The molecule has 6 heteroatoms. The summed E-state index contributed by atoms with van der Waals surface area (Å²) in [5.41, 5.74) is 0.408. The fourth-order valence-electron chi connectivity index (χ4n) is 1.98. The maximum Gasteiger partial charge on any atom is 0.416 e. The van der Waals surface area contributed by atoms with Crippen molar-refractivity contribution in [3.63, 3.8) is 0 Å². The maximum absolute atomic E-state index is 12.6. The van der Waals surface area contributed by atoms with Crippen LogP contribution in [0.5, 0.6) is 0 Å². The van der Waals surface area contributed by atoms with Crippen molar-refractivity contribution in [2.75, 3.05) is 5.88 Å². The second-order valence-electron chi connectivity index (χ2n) is 3.91. The van der Waals surface area contributed by atoms with Gasteiger partial charge in [-0.2, -0.15) is 13.2 Å². The summed E-state index contributed by atoms with van der Waals surface area (Å²) in [6.45, 7) is 2.59. The van der Waals surface area contributed by atoms with Crippen LogP contribution in [0, 0.1) is 0 Å². The van der Waals surface area contributed by atoms with Crippen LogP contribution in [0.2, 0.25) is 0 Å². The Bertz CT molecular complexity index is 560. The Morgan fingerprint density at radius 3 is 2.61 bits per heavy atom. The summed E-state index contributed by atoms with van der Waals surface area (Å²) in [5, 5.41) is 0. The van der Waals surface area contributed by atoms with Crippen molar-refractivity contribution >= 4 is 22.6 Å². The molecule has 0 unspecified atom stereocenters. The number of rotatable bonds is 3. The van der Waals surface area contributed by atoms with Crippen molar-refractivity contribution in [1.82, 2.24) is 9.55 Å². The van der Waals surface area contributed by atoms with Crippen LogP contribution in [0.25, 0.3) is 11.0 Å². The highest BCUT2D eigenvalue weighted by atomic mass is 35.5. The summed E-state index contributed by atoms with van der Waals surface area (Å²) in [4.78, 5) is 4.23. The smallest absolute Gasteiger partial charge is 0.328 e. The fraction of sp³-hybridized carbons (Fsp3) is 0.417. The van der Waals surface area contributed by atoms with E-state index < -0.39 is 11.7 Å². The van der Waals surface area contributed by atoms with Gasteiger partial charge in [-0.05, 0) is 25.1 Å². The molecule has 0 saturated heterocycles. The maximum atomic E-state index is 12.6. The molecule has 1 heterocycles. The number of halogens is 4. The molecule has 0 atom stereocenters. The van der Waals surface area contributed by atoms with Gasteiger partial charge in [-0.25, -0.2) is 4.98 Å². The van der Waals surface area contributed by atoms with Gasteiger partial charge in [0.25, 0.3) is 0 Å². The Labute approximate surface area is 107 Å². The predicted molar refractivity (Wildman–Crippen MR) is 64.8 cm³/mol. The molecule has 2 rings (SSSR count). The summed E-state index contributed by atoms with van der Waals surface area (Å²) in [6, 6.07) is 3.63. The first-order chi connectivity index (χ1) is 8.47. The van der Waals surface area contributed by atoms with Crippen LogP contribution >= 0.6 is 11.6 Å². The van der Waals surface area contributed by atoms with Gasteiger partial charge in [0.05, 0.1) is 16.6 Å². The van der Waals surface area contributed by atoms with Crippen LogP contribution < -0.4 is 0 Å². The molecule has 2 nitrogen and oxygen atoms in total. The number of benzene rings is 1. The van der Waals surface area contributed by atoms with Crippen molar-refractivity contribution in [3.05, 3.63) is 29.6 Å². The first-order valence-electron chi connectivity index (χ1n) is 5.59. The van der Waals surface area contributed by atoms with E-state index in [1.165, 1.54) is 6.07 Å². The molecule has 0 fully saturated rings. The first kappa shape index (κ1) is 13.2. The third-order valence-corrected chi connectivity index (χ3v) is 2.98. The first-order valence-corrected chi connectivity index (χ1v) is 6.13. The number of hydrogen-bond donors (Lipinski definition) is 0.